The van der Waals surface area contributed by atoms with E-state index in [1.807, 2.05) is 6.07 Å². The van der Waals surface area contributed by atoms with E-state index in [2.05, 4.69) is 23.7 Å². The van der Waals surface area contributed by atoms with Crippen LogP contribution >= 0.6 is 0 Å². The van der Waals surface area contributed by atoms with Crippen LogP contribution in [-0.4, -0.2) is 18.1 Å². The topological polar surface area (TPSA) is 42.2 Å². The number of anilines is 2. The summed E-state index contributed by atoms with van der Waals surface area (Å²) in [6, 6.07) is 1.98. The molecule has 1 saturated heterocycles. The molecule has 1 aromatic heterocycles. The Bertz CT molecular complexity index is 312. The molecule has 1 aromatic rings. The van der Waals surface area contributed by atoms with Crippen LogP contribution in [0.4, 0.5) is 11.4 Å². The van der Waals surface area contributed by atoms with Crippen LogP contribution in [0.2, 0.25) is 0 Å². The maximum Gasteiger partial charge on any atom is 0.0738 e. The van der Waals surface area contributed by atoms with Crippen LogP contribution in [0.1, 0.15) is 13.8 Å². The predicted molar refractivity (Wildman–Crippen MR) is 54.6 cm³/mol. The van der Waals surface area contributed by atoms with Gasteiger partial charge in [0.15, 0.2) is 0 Å². The van der Waals surface area contributed by atoms with Gasteiger partial charge in [0.25, 0.3) is 0 Å². The second kappa shape index (κ2) is 2.62. The van der Waals surface area contributed by atoms with E-state index in [0.717, 1.165) is 24.5 Å². The lowest BCUT2D eigenvalue weighted by Gasteiger charge is -2.47. The van der Waals surface area contributed by atoms with Crippen molar-refractivity contribution in [2.24, 2.45) is 5.41 Å². The van der Waals surface area contributed by atoms with E-state index >= 15 is 0 Å². The Morgan fingerprint density at radius 2 is 2.15 bits per heavy atom. The largest absolute Gasteiger partial charge is 0.396 e. The zero-order chi connectivity index (χ0) is 9.47. The van der Waals surface area contributed by atoms with Gasteiger partial charge in [0.05, 0.1) is 17.6 Å². The zero-order valence-electron chi connectivity index (χ0n) is 8.12. The molecule has 70 valence electrons. The van der Waals surface area contributed by atoms with Gasteiger partial charge in [0.1, 0.15) is 0 Å². The third-order valence-electron chi connectivity index (χ3n) is 2.41. The summed E-state index contributed by atoms with van der Waals surface area (Å²) in [5.41, 5.74) is 8.15. The molecule has 1 fully saturated rings. The highest BCUT2D eigenvalue weighted by Gasteiger charge is 2.34. The highest BCUT2D eigenvalue weighted by atomic mass is 15.2. The van der Waals surface area contributed by atoms with Crippen LogP contribution in [0.5, 0.6) is 0 Å². The first kappa shape index (κ1) is 8.35. The third kappa shape index (κ3) is 1.46. The summed E-state index contributed by atoms with van der Waals surface area (Å²) >= 11 is 0. The number of rotatable bonds is 1. The third-order valence-corrected chi connectivity index (χ3v) is 2.41. The predicted octanol–water partition coefficient (Wildman–Crippen LogP) is 1.51. The van der Waals surface area contributed by atoms with Gasteiger partial charge in [-0.2, -0.15) is 0 Å². The highest BCUT2D eigenvalue weighted by molar-refractivity contribution is 5.67. The Morgan fingerprint density at radius 1 is 1.46 bits per heavy atom. The van der Waals surface area contributed by atoms with E-state index in [4.69, 9.17) is 5.73 Å². The SMILES string of the molecule is CC1(C)CN(c2ccncc2N)C1. The molecule has 3 nitrogen and oxygen atoms in total. The molecular weight excluding hydrogens is 162 g/mol. The van der Waals surface area contributed by atoms with Crippen molar-refractivity contribution in [1.29, 1.82) is 0 Å². The van der Waals surface area contributed by atoms with Gasteiger partial charge in [-0.15, -0.1) is 0 Å². The second-order valence-corrected chi connectivity index (χ2v) is 4.45. The number of hydrogen-bond donors (Lipinski definition) is 1. The van der Waals surface area contributed by atoms with Gasteiger partial charge in [0, 0.05) is 19.3 Å². The Balaban J connectivity index is 2.16. The average molecular weight is 177 g/mol. The summed E-state index contributed by atoms with van der Waals surface area (Å²) in [5.74, 6) is 0. The van der Waals surface area contributed by atoms with Crippen molar-refractivity contribution in [3.8, 4) is 0 Å². The first-order valence-electron chi connectivity index (χ1n) is 4.53. The van der Waals surface area contributed by atoms with Gasteiger partial charge in [-0.1, -0.05) is 13.8 Å². The van der Waals surface area contributed by atoms with Gasteiger partial charge in [-0.25, -0.2) is 0 Å². The Morgan fingerprint density at radius 3 is 2.69 bits per heavy atom. The number of nitrogens with zero attached hydrogens (tertiary/aromatic N) is 2. The van der Waals surface area contributed by atoms with Crippen molar-refractivity contribution in [1.82, 2.24) is 4.98 Å². The molecule has 3 heteroatoms. The fourth-order valence-corrected chi connectivity index (χ4v) is 1.84. The number of nitrogen functional groups attached to an aromatic ring is 1. The van der Waals surface area contributed by atoms with Gasteiger partial charge in [-0.3, -0.25) is 4.98 Å². The molecule has 0 spiro atoms. The van der Waals surface area contributed by atoms with Crippen LogP contribution in [0.25, 0.3) is 0 Å². The molecule has 0 radical (unpaired) electrons. The average Bonchev–Trinajstić information content (AvgIpc) is 2.01. The summed E-state index contributed by atoms with van der Waals surface area (Å²) < 4.78 is 0. The molecule has 1 aliphatic rings. The molecule has 0 amide bonds. The first-order valence-corrected chi connectivity index (χ1v) is 4.53. The Kier molecular flexibility index (Phi) is 1.68. The summed E-state index contributed by atoms with van der Waals surface area (Å²) in [7, 11) is 0. The zero-order valence-corrected chi connectivity index (χ0v) is 8.12. The number of pyridine rings is 1. The molecule has 1 aliphatic heterocycles. The van der Waals surface area contributed by atoms with E-state index in [0.29, 0.717) is 5.41 Å². The number of nitrogens with two attached hydrogens (primary N) is 1. The molecule has 13 heavy (non-hydrogen) atoms. The monoisotopic (exact) mass is 177 g/mol. The minimum atomic E-state index is 0.440. The van der Waals surface area contributed by atoms with E-state index in [9.17, 15) is 0 Å². The lowest BCUT2D eigenvalue weighted by molar-refractivity contribution is 0.277. The molecule has 2 heterocycles. The van der Waals surface area contributed by atoms with Gasteiger partial charge in [-0.05, 0) is 11.5 Å². The van der Waals surface area contributed by atoms with Gasteiger partial charge < -0.3 is 10.6 Å². The standard InChI is InChI=1S/C10H15N3/c1-10(2)6-13(7-10)9-3-4-12-5-8(9)11/h3-5H,6-7,11H2,1-2H3. The maximum absolute atomic E-state index is 5.82. The lowest BCUT2D eigenvalue weighted by Crippen LogP contribution is -2.53. The Hall–Kier alpha value is -1.25. The van der Waals surface area contributed by atoms with Gasteiger partial charge in [0.2, 0.25) is 0 Å². The molecular formula is C10H15N3. The minimum absolute atomic E-state index is 0.440. The number of aromatic nitrogens is 1. The summed E-state index contributed by atoms with van der Waals surface area (Å²) in [5, 5.41) is 0. The highest BCUT2D eigenvalue weighted by Crippen LogP contribution is 2.35. The maximum atomic E-state index is 5.82. The van der Waals surface area contributed by atoms with Crippen LogP contribution < -0.4 is 10.6 Å². The fraction of sp³-hybridized carbons (Fsp3) is 0.500. The molecule has 0 aliphatic carbocycles. The smallest absolute Gasteiger partial charge is 0.0738 e. The van der Waals surface area contributed by atoms with Crippen molar-refractivity contribution in [2.75, 3.05) is 23.7 Å². The molecule has 0 saturated carbocycles. The first-order chi connectivity index (χ1) is 6.08. The molecule has 0 unspecified atom stereocenters. The van der Waals surface area contributed by atoms with E-state index in [1.165, 1.54) is 0 Å². The van der Waals surface area contributed by atoms with Crippen LogP contribution in [0.15, 0.2) is 18.5 Å². The molecule has 0 aromatic carbocycles. The molecule has 0 atom stereocenters. The van der Waals surface area contributed by atoms with E-state index in [1.54, 1.807) is 12.4 Å². The van der Waals surface area contributed by atoms with E-state index < -0.39 is 0 Å². The normalized spacial score (nSPS) is 19.7. The molecule has 0 bridgehead atoms. The fourth-order valence-electron chi connectivity index (χ4n) is 1.84. The Labute approximate surface area is 78.6 Å². The number of hydrogen-bond acceptors (Lipinski definition) is 3. The van der Waals surface area contributed by atoms with Crippen molar-refractivity contribution >= 4 is 11.4 Å². The quantitative estimate of drug-likeness (QED) is 0.707. The van der Waals surface area contributed by atoms with Crippen molar-refractivity contribution in [2.45, 2.75) is 13.8 Å². The van der Waals surface area contributed by atoms with Crippen LogP contribution in [0, 0.1) is 5.41 Å². The lowest BCUT2D eigenvalue weighted by atomic mass is 9.84. The van der Waals surface area contributed by atoms with Crippen molar-refractivity contribution < 1.29 is 0 Å². The van der Waals surface area contributed by atoms with Crippen molar-refractivity contribution in [3.05, 3.63) is 18.5 Å². The van der Waals surface area contributed by atoms with Crippen molar-refractivity contribution in [3.63, 3.8) is 0 Å². The van der Waals surface area contributed by atoms with Gasteiger partial charge >= 0.3 is 0 Å². The van der Waals surface area contributed by atoms with Crippen LogP contribution in [-0.2, 0) is 0 Å². The minimum Gasteiger partial charge on any atom is -0.396 e. The molecule has 2 N–H and O–H groups in total. The summed E-state index contributed by atoms with van der Waals surface area (Å²) in [6.07, 6.45) is 3.50. The second-order valence-electron chi connectivity index (χ2n) is 4.45. The molecule has 2 rings (SSSR count). The summed E-state index contributed by atoms with van der Waals surface area (Å²) in [4.78, 5) is 6.26. The van der Waals surface area contributed by atoms with E-state index in [-0.39, 0.29) is 0 Å². The summed E-state index contributed by atoms with van der Waals surface area (Å²) in [6.45, 7) is 6.70. The van der Waals surface area contributed by atoms with Crippen LogP contribution in [0.3, 0.4) is 0 Å².